The zero-order chi connectivity index (χ0) is 30.7. The Morgan fingerprint density at radius 2 is 1.26 bits per heavy atom. The van der Waals surface area contributed by atoms with Crippen LogP contribution in [-0.2, 0) is 5.41 Å². The second kappa shape index (κ2) is 9.25. The highest BCUT2D eigenvalue weighted by atomic mass is 32.1. The van der Waals surface area contributed by atoms with Crippen molar-refractivity contribution in [1.29, 1.82) is 0 Å². The van der Waals surface area contributed by atoms with Gasteiger partial charge in [0.25, 0.3) is 6.71 Å². The molecule has 0 unspecified atom stereocenters. The molecule has 8 aromatic rings. The lowest BCUT2D eigenvalue weighted by molar-refractivity contribution is 0.591. The lowest BCUT2D eigenvalue weighted by Gasteiger charge is -2.36. The molecule has 2 aliphatic rings. The third-order valence-corrected chi connectivity index (χ3v) is 11.4. The molecule has 0 atom stereocenters. The van der Waals surface area contributed by atoms with E-state index in [9.17, 15) is 0 Å². The van der Waals surface area contributed by atoms with Crippen LogP contribution in [0, 0.1) is 0 Å². The van der Waals surface area contributed by atoms with Crippen LogP contribution in [0.5, 0.6) is 0 Å². The fourth-order valence-corrected chi connectivity index (χ4v) is 9.39. The molecule has 0 amide bonds. The smallest absolute Gasteiger partial charge is 0.260 e. The van der Waals surface area contributed by atoms with Crippen molar-refractivity contribution in [2.75, 3.05) is 4.90 Å². The minimum atomic E-state index is 0.0739. The highest BCUT2D eigenvalue weighted by Crippen LogP contribution is 2.46. The van der Waals surface area contributed by atoms with Crippen molar-refractivity contribution in [2.24, 2.45) is 0 Å². The molecule has 2 nitrogen and oxygen atoms in total. The van der Waals surface area contributed by atoms with Gasteiger partial charge in [0.2, 0.25) is 0 Å². The number of rotatable bonds is 2. The molecule has 0 aliphatic carbocycles. The van der Waals surface area contributed by atoms with Gasteiger partial charge < -0.3 is 9.47 Å². The number of anilines is 3. The quantitative estimate of drug-likeness (QED) is 0.178. The Bertz CT molecular complexity index is 2480. The van der Waals surface area contributed by atoms with Crippen LogP contribution < -0.4 is 20.6 Å². The topological polar surface area (TPSA) is 8.17 Å². The first-order chi connectivity index (χ1) is 22.5. The molecule has 4 heterocycles. The maximum absolute atomic E-state index is 2.50. The molecule has 0 fully saturated rings. The van der Waals surface area contributed by atoms with Crippen molar-refractivity contribution in [2.45, 2.75) is 26.2 Å². The molecule has 6 aromatic carbocycles. The number of para-hydroxylation sites is 4. The summed E-state index contributed by atoms with van der Waals surface area (Å²) in [6, 6.07) is 49.7. The summed E-state index contributed by atoms with van der Waals surface area (Å²) < 4.78 is 5.32. The number of nitrogens with zero attached hydrogens (tertiary/aromatic N) is 2. The van der Waals surface area contributed by atoms with Gasteiger partial charge in [-0.25, -0.2) is 0 Å². The number of benzene rings is 6. The van der Waals surface area contributed by atoms with Gasteiger partial charge in [0.05, 0.1) is 11.0 Å². The van der Waals surface area contributed by atoms with Crippen LogP contribution in [0.4, 0.5) is 17.1 Å². The summed E-state index contributed by atoms with van der Waals surface area (Å²) in [5.41, 5.74) is 14.4. The molecule has 2 aliphatic heterocycles. The van der Waals surface area contributed by atoms with E-state index in [1.165, 1.54) is 87.0 Å². The van der Waals surface area contributed by atoms with Gasteiger partial charge in [0, 0.05) is 43.6 Å². The molecule has 2 aromatic heterocycles. The standard InChI is InChI=1S/C42H31BN2S/c1-42(2,3)26-21-22-38-31(23-26)39-32-24-28(45-34-18-10-7-15-29(34)30-16-8-11-19-35(30)45)25-37-40(32)43(41(39)46-38)33-17-9-12-20-36(33)44(37)27-13-5-4-6-14-27/h4-25H,1-3H3. The monoisotopic (exact) mass is 606 g/mol. The highest BCUT2D eigenvalue weighted by Gasteiger charge is 2.45. The Morgan fingerprint density at radius 1 is 0.587 bits per heavy atom. The normalized spacial score (nSPS) is 13.5. The molecule has 10 rings (SSSR count). The van der Waals surface area contributed by atoms with Gasteiger partial charge >= 0.3 is 0 Å². The predicted molar refractivity (Wildman–Crippen MR) is 200 cm³/mol. The van der Waals surface area contributed by atoms with E-state index in [2.05, 4.69) is 164 Å². The Labute approximate surface area is 273 Å². The van der Waals surface area contributed by atoms with Crippen LogP contribution in [0.1, 0.15) is 26.3 Å². The average molecular weight is 607 g/mol. The lowest BCUT2D eigenvalue weighted by Crippen LogP contribution is -2.54. The number of hydrogen-bond donors (Lipinski definition) is 0. The van der Waals surface area contributed by atoms with E-state index in [1.54, 1.807) is 0 Å². The summed E-state index contributed by atoms with van der Waals surface area (Å²) in [4.78, 5) is 2.50. The van der Waals surface area contributed by atoms with Gasteiger partial charge in [-0.15, -0.1) is 11.3 Å². The Balaban J connectivity index is 1.36. The van der Waals surface area contributed by atoms with Crippen molar-refractivity contribution in [1.82, 2.24) is 4.57 Å². The molecular weight excluding hydrogens is 575 g/mol. The molecule has 0 saturated heterocycles. The summed E-state index contributed by atoms with van der Waals surface area (Å²) >= 11 is 1.98. The minimum absolute atomic E-state index is 0.0739. The lowest BCUT2D eigenvalue weighted by atomic mass is 9.39. The van der Waals surface area contributed by atoms with Crippen LogP contribution in [0.25, 0.3) is 48.7 Å². The molecule has 4 heteroatoms. The van der Waals surface area contributed by atoms with E-state index in [0.717, 1.165) is 0 Å². The van der Waals surface area contributed by atoms with E-state index in [1.807, 2.05) is 11.3 Å². The fourth-order valence-electron chi connectivity index (χ4n) is 8.06. The molecule has 218 valence electrons. The first kappa shape index (κ1) is 26.2. The van der Waals surface area contributed by atoms with Crippen LogP contribution in [0.3, 0.4) is 0 Å². The van der Waals surface area contributed by atoms with E-state index in [0.29, 0.717) is 0 Å². The fraction of sp³-hybridized carbons (Fsp3) is 0.0952. The number of hydrogen-bond acceptors (Lipinski definition) is 2. The van der Waals surface area contributed by atoms with Gasteiger partial charge in [-0.05, 0) is 92.4 Å². The van der Waals surface area contributed by atoms with Crippen LogP contribution in [0.15, 0.2) is 133 Å². The highest BCUT2D eigenvalue weighted by molar-refractivity contribution is 7.34. The summed E-state index contributed by atoms with van der Waals surface area (Å²) in [5.74, 6) is 0. The summed E-state index contributed by atoms with van der Waals surface area (Å²) in [6.45, 7) is 7.16. The van der Waals surface area contributed by atoms with Crippen molar-refractivity contribution in [3.63, 3.8) is 0 Å². The summed E-state index contributed by atoms with van der Waals surface area (Å²) in [5, 5.41) is 3.95. The molecule has 0 spiro atoms. The molecule has 46 heavy (non-hydrogen) atoms. The zero-order valence-corrected chi connectivity index (χ0v) is 26.9. The summed E-state index contributed by atoms with van der Waals surface area (Å²) in [7, 11) is 0. The molecule has 0 saturated carbocycles. The second-order valence-corrected chi connectivity index (χ2v) is 14.8. The number of aromatic nitrogens is 1. The van der Waals surface area contributed by atoms with Crippen molar-refractivity contribution < 1.29 is 0 Å². The molecule has 0 N–H and O–H groups in total. The molecule has 0 radical (unpaired) electrons. The maximum atomic E-state index is 2.50. The van der Waals surface area contributed by atoms with E-state index in [4.69, 9.17) is 0 Å². The Kier molecular flexibility index (Phi) is 5.26. The van der Waals surface area contributed by atoms with Crippen LogP contribution in [0.2, 0.25) is 0 Å². The van der Waals surface area contributed by atoms with Gasteiger partial charge in [-0.1, -0.05) is 99.6 Å². The molecular formula is C42H31BN2S. The van der Waals surface area contributed by atoms with Crippen molar-refractivity contribution in [3.05, 3.63) is 139 Å². The second-order valence-electron chi connectivity index (χ2n) is 13.8. The number of thiophene rings is 1. The Hall–Kier alpha value is -5.06. The van der Waals surface area contributed by atoms with E-state index in [-0.39, 0.29) is 12.1 Å². The average Bonchev–Trinajstić information content (AvgIpc) is 3.72. The summed E-state index contributed by atoms with van der Waals surface area (Å²) in [6.07, 6.45) is 0. The van der Waals surface area contributed by atoms with Crippen LogP contribution >= 0.6 is 11.3 Å². The van der Waals surface area contributed by atoms with E-state index < -0.39 is 0 Å². The van der Waals surface area contributed by atoms with Gasteiger partial charge in [0.1, 0.15) is 0 Å². The minimum Gasteiger partial charge on any atom is -0.311 e. The third-order valence-electron chi connectivity index (χ3n) is 10.1. The SMILES string of the molecule is CC(C)(C)c1ccc2sc3c(c2c1)-c1cc(-n2c4ccccc4c4ccccc42)cc2c1B3c1ccccc1N2c1ccccc1. The van der Waals surface area contributed by atoms with Gasteiger partial charge in [0.15, 0.2) is 0 Å². The van der Waals surface area contributed by atoms with Crippen molar-refractivity contribution >= 4 is 82.7 Å². The maximum Gasteiger partial charge on any atom is 0.260 e. The first-order valence-corrected chi connectivity index (χ1v) is 17.0. The zero-order valence-electron chi connectivity index (χ0n) is 26.1. The Morgan fingerprint density at radius 3 is 2.00 bits per heavy atom. The van der Waals surface area contributed by atoms with Crippen LogP contribution in [-0.4, -0.2) is 11.3 Å². The first-order valence-electron chi connectivity index (χ1n) is 16.2. The van der Waals surface area contributed by atoms with Gasteiger partial charge in [-0.2, -0.15) is 0 Å². The van der Waals surface area contributed by atoms with Gasteiger partial charge in [-0.3, -0.25) is 0 Å². The molecule has 0 bridgehead atoms. The predicted octanol–water partition coefficient (Wildman–Crippen LogP) is 9.58. The van der Waals surface area contributed by atoms with Crippen molar-refractivity contribution in [3.8, 4) is 16.8 Å². The third kappa shape index (κ3) is 3.48. The number of fused-ring (bicyclic) bond motifs is 10. The largest absolute Gasteiger partial charge is 0.311 e. The van der Waals surface area contributed by atoms with E-state index >= 15 is 0 Å².